The monoisotopic (exact) mass is 830 g/mol. The summed E-state index contributed by atoms with van der Waals surface area (Å²) in [5.74, 6) is 0. The first kappa shape index (κ1) is 42.8. The first-order valence-electron chi connectivity index (χ1n) is 24.1. The van der Waals surface area contributed by atoms with E-state index < -0.39 is 0 Å². The SMILES string of the molecule is CCCCCCCC1(CCCCCC)c2cc(-c3ccc(C=C(c4ccccc4)c4ccccc4)cc3)ccc2-c2ccc(-c3ccc(-c4ccccc4)c(-c4ccccc4)c3)cc21. The molecule has 8 aromatic rings. The van der Waals surface area contributed by atoms with Crippen LogP contribution in [0.5, 0.6) is 0 Å². The van der Waals surface area contributed by atoms with Crippen LogP contribution in [0.2, 0.25) is 0 Å². The van der Waals surface area contributed by atoms with Crippen molar-refractivity contribution in [3.8, 4) is 55.6 Å². The number of benzene rings is 8. The smallest absolute Gasteiger partial charge is 0.0215 e. The predicted molar refractivity (Wildman–Crippen MR) is 276 cm³/mol. The van der Waals surface area contributed by atoms with E-state index >= 15 is 0 Å². The van der Waals surface area contributed by atoms with Gasteiger partial charge in [-0.05, 0) is 126 Å². The Balaban J connectivity index is 1.12. The van der Waals surface area contributed by atoms with Crippen molar-refractivity contribution in [3.63, 3.8) is 0 Å². The lowest BCUT2D eigenvalue weighted by atomic mass is 9.70. The van der Waals surface area contributed by atoms with E-state index in [0.717, 1.165) is 0 Å². The summed E-state index contributed by atoms with van der Waals surface area (Å²) in [5.41, 5.74) is 21.0. The zero-order chi connectivity index (χ0) is 43.6. The molecule has 8 aromatic carbocycles. The molecule has 0 heteroatoms. The van der Waals surface area contributed by atoms with Gasteiger partial charge in [0.25, 0.3) is 0 Å². The van der Waals surface area contributed by atoms with E-state index in [2.05, 4.69) is 220 Å². The minimum absolute atomic E-state index is 0.0359. The number of unbranched alkanes of at least 4 members (excludes halogenated alkanes) is 7. The zero-order valence-electron chi connectivity index (χ0n) is 37.9. The van der Waals surface area contributed by atoms with Crippen LogP contribution in [0, 0.1) is 0 Å². The Labute approximate surface area is 383 Å². The standard InChI is InChI=1S/C64H62/c1-3-5-7-9-23-43-64(42-22-8-6-4-2)62-46-55(49-34-32-48(33-35-49)44-60(51-26-16-11-17-27-51)52-28-18-12-19-29-52)37-40-58(62)59-41-38-56(47-63(59)64)54-36-39-57(50-24-14-10-15-25-50)61(45-54)53-30-20-13-21-31-53/h10-21,24-41,44-47H,3-9,22-23,42-43H2,1-2H3. The van der Waals surface area contributed by atoms with Crippen LogP contribution in [-0.4, -0.2) is 0 Å². The van der Waals surface area contributed by atoms with Crippen molar-refractivity contribution in [1.82, 2.24) is 0 Å². The molecule has 0 radical (unpaired) electrons. The average molecular weight is 831 g/mol. The molecule has 0 fully saturated rings. The quantitative estimate of drug-likeness (QED) is 0.0597. The molecular formula is C64H62. The topological polar surface area (TPSA) is 0 Å². The fourth-order valence-corrected chi connectivity index (χ4v) is 10.4. The Morgan fingerprint density at radius 1 is 0.344 bits per heavy atom. The van der Waals surface area contributed by atoms with Crippen molar-refractivity contribution in [1.29, 1.82) is 0 Å². The molecule has 0 saturated carbocycles. The van der Waals surface area contributed by atoms with Gasteiger partial charge in [0.1, 0.15) is 0 Å². The van der Waals surface area contributed by atoms with Crippen molar-refractivity contribution in [3.05, 3.63) is 228 Å². The second-order valence-corrected chi connectivity index (χ2v) is 18.0. The molecule has 0 aliphatic heterocycles. The molecule has 9 rings (SSSR count). The molecule has 1 aliphatic carbocycles. The molecule has 0 nitrogen and oxygen atoms in total. The van der Waals surface area contributed by atoms with Crippen LogP contribution in [0.25, 0.3) is 67.3 Å². The lowest BCUT2D eigenvalue weighted by Gasteiger charge is -2.33. The van der Waals surface area contributed by atoms with Crippen molar-refractivity contribution >= 4 is 11.6 Å². The van der Waals surface area contributed by atoms with Crippen LogP contribution in [0.15, 0.2) is 200 Å². The predicted octanol–water partition coefficient (Wildman–Crippen LogP) is 18.5. The van der Waals surface area contributed by atoms with Gasteiger partial charge in [0, 0.05) is 5.41 Å². The largest absolute Gasteiger partial charge is 0.0654 e. The van der Waals surface area contributed by atoms with Crippen molar-refractivity contribution < 1.29 is 0 Å². The second-order valence-electron chi connectivity index (χ2n) is 18.0. The van der Waals surface area contributed by atoms with E-state index in [1.165, 1.54) is 160 Å². The highest BCUT2D eigenvalue weighted by Gasteiger charge is 2.42. The Kier molecular flexibility index (Phi) is 13.6. The van der Waals surface area contributed by atoms with E-state index in [9.17, 15) is 0 Å². The normalized spacial score (nSPS) is 13.9. The third-order valence-corrected chi connectivity index (χ3v) is 13.8. The highest BCUT2D eigenvalue weighted by Crippen LogP contribution is 2.56. The van der Waals surface area contributed by atoms with Gasteiger partial charge in [-0.2, -0.15) is 0 Å². The lowest BCUT2D eigenvalue weighted by molar-refractivity contribution is 0.400. The van der Waals surface area contributed by atoms with Gasteiger partial charge in [0.2, 0.25) is 0 Å². The summed E-state index contributed by atoms with van der Waals surface area (Å²) in [7, 11) is 0. The van der Waals surface area contributed by atoms with Gasteiger partial charge in [-0.3, -0.25) is 0 Å². The molecular weight excluding hydrogens is 769 g/mol. The Morgan fingerprint density at radius 2 is 0.750 bits per heavy atom. The molecule has 0 saturated heterocycles. The first-order valence-corrected chi connectivity index (χ1v) is 24.1. The average Bonchev–Trinajstić information content (AvgIpc) is 3.63. The van der Waals surface area contributed by atoms with Crippen LogP contribution >= 0.6 is 0 Å². The highest BCUT2D eigenvalue weighted by atomic mass is 14.5. The molecule has 1 aliphatic rings. The Hall–Kier alpha value is -6.50. The first-order chi connectivity index (χ1) is 31.6. The summed E-state index contributed by atoms with van der Waals surface area (Å²) >= 11 is 0. The van der Waals surface area contributed by atoms with Gasteiger partial charge in [0.05, 0.1) is 0 Å². The van der Waals surface area contributed by atoms with Crippen molar-refractivity contribution in [2.45, 2.75) is 89.9 Å². The zero-order valence-corrected chi connectivity index (χ0v) is 37.9. The number of fused-ring (bicyclic) bond motifs is 3. The van der Waals surface area contributed by atoms with E-state index in [-0.39, 0.29) is 5.41 Å². The molecule has 0 amide bonds. The van der Waals surface area contributed by atoms with Gasteiger partial charge in [0.15, 0.2) is 0 Å². The summed E-state index contributed by atoms with van der Waals surface area (Å²) < 4.78 is 0. The lowest BCUT2D eigenvalue weighted by Crippen LogP contribution is -2.25. The second kappa shape index (κ2) is 20.3. The van der Waals surface area contributed by atoms with Crippen molar-refractivity contribution in [2.24, 2.45) is 0 Å². The molecule has 0 bridgehead atoms. The van der Waals surface area contributed by atoms with Crippen LogP contribution in [0.1, 0.15) is 112 Å². The number of hydrogen-bond acceptors (Lipinski definition) is 0. The van der Waals surface area contributed by atoms with Gasteiger partial charge in [-0.15, -0.1) is 0 Å². The maximum absolute atomic E-state index is 2.60. The van der Waals surface area contributed by atoms with E-state index in [0.29, 0.717) is 0 Å². The van der Waals surface area contributed by atoms with Crippen LogP contribution < -0.4 is 0 Å². The molecule has 0 N–H and O–H groups in total. The summed E-state index contributed by atoms with van der Waals surface area (Å²) in [4.78, 5) is 0. The Bertz CT molecular complexity index is 2740. The minimum atomic E-state index is -0.0359. The van der Waals surface area contributed by atoms with Crippen LogP contribution in [0.3, 0.4) is 0 Å². The third-order valence-electron chi connectivity index (χ3n) is 13.8. The van der Waals surface area contributed by atoms with Gasteiger partial charge >= 0.3 is 0 Å². The van der Waals surface area contributed by atoms with E-state index in [1.807, 2.05) is 0 Å². The molecule has 0 aromatic heterocycles. The van der Waals surface area contributed by atoms with E-state index in [4.69, 9.17) is 0 Å². The summed E-state index contributed by atoms with van der Waals surface area (Å²) in [6.07, 6.45) is 16.2. The third kappa shape index (κ3) is 9.25. The van der Waals surface area contributed by atoms with E-state index in [1.54, 1.807) is 0 Å². The molecule has 318 valence electrons. The fraction of sp³-hybridized carbons (Fsp3) is 0.219. The highest BCUT2D eigenvalue weighted by molar-refractivity contribution is 5.92. The van der Waals surface area contributed by atoms with Gasteiger partial charge in [-0.25, -0.2) is 0 Å². The molecule has 1 atom stereocenters. The summed E-state index contributed by atoms with van der Waals surface area (Å²) in [6.45, 7) is 4.66. The van der Waals surface area contributed by atoms with Gasteiger partial charge < -0.3 is 0 Å². The molecule has 64 heavy (non-hydrogen) atoms. The maximum Gasteiger partial charge on any atom is 0.0215 e. The molecule has 0 heterocycles. The van der Waals surface area contributed by atoms with Crippen molar-refractivity contribution in [2.75, 3.05) is 0 Å². The molecule has 0 spiro atoms. The molecule has 1 unspecified atom stereocenters. The summed E-state index contributed by atoms with van der Waals surface area (Å²) in [6, 6.07) is 74.6. The summed E-state index contributed by atoms with van der Waals surface area (Å²) in [5, 5.41) is 0. The fourth-order valence-electron chi connectivity index (χ4n) is 10.4. The van der Waals surface area contributed by atoms with Gasteiger partial charge in [-0.1, -0.05) is 254 Å². The van der Waals surface area contributed by atoms with Crippen LogP contribution in [0.4, 0.5) is 0 Å². The number of hydrogen-bond donors (Lipinski definition) is 0. The maximum atomic E-state index is 2.60. The minimum Gasteiger partial charge on any atom is -0.0654 e. The van der Waals surface area contributed by atoms with Crippen LogP contribution in [-0.2, 0) is 5.41 Å². The number of rotatable bonds is 18. The Morgan fingerprint density at radius 3 is 1.27 bits per heavy atom.